The maximum absolute atomic E-state index is 13.2. The largest absolute Gasteiger partial charge is 0.304 e. The lowest BCUT2D eigenvalue weighted by molar-refractivity contribution is 0.285. The van der Waals surface area contributed by atoms with E-state index in [2.05, 4.69) is 41.2 Å². The molecule has 0 bridgehead atoms. The first-order valence-corrected chi connectivity index (χ1v) is 10.4. The average molecular weight is 377 g/mol. The monoisotopic (exact) mass is 376 g/mol. The third-order valence-electron chi connectivity index (χ3n) is 5.27. The summed E-state index contributed by atoms with van der Waals surface area (Å²) >= 11 is 0. The van der Waals surface area contributed by atoms with Crippen LogP contribution in [0.1, 0.15) is 29.7 Å². The molecule has 26 heavy (non-hydrogen) atoms. The lowest BCUT2D eigenvalue weighted by Crippen LogP contribution is -2.35. The molecule has 6 nitrogen and oxygen atoms in total. The van der Waals surface area contributed by atoms with Crippen molar-refractivity contribution in [2.45, 2.75) is 44.2 Å². The van der Waals surface area contributed by atoms with Crippen LogP contribution >= 0.6 is 0 Å². The molecule has 1 aromatic carbocycles. The maximum Gasteiger partial charge on any atom is 0.246 e. The zero-order valence-electron chi connectivity index (χ0n) is 16.2. The van der Waals surface area contributed by atoms with E-state index >= 15 is 0 Å². The molecule has 7 heteroatoms. The zero-order valence-corrected chi connectivity index (χ0v) is 17.0. The summed E-state index contributed by atoms with van der Waals surface area (Å²) in [6.07, 6.45) is 1.65. The second kappa shape index (κ2) is 7.13. The van der Waals surface area contributed by atoms with Crippen LogP contribution in [0, 0.1) is 13.8 Å². The molecule has 0 aliphatic carbocycles. The molecule has 1 aliphatic rings. The summed E-state index contributed by atoms with van der Waals surface area (Å²) in [5.74, 6) is 0.155. The Kier molecular flexibility index (Phi) is 5.23. The summed E-state index contributed by atoms with van der Waals surface area (Å²) in [5, 5.41) is 4.31. The molecule has 0 spiro atoms. The summed E-state index contributed by atoms with van der Waals surface area (Å²) < 4.78 is 29.8. The van der Waals surface area contributed by atoms with Gasteiger partial charge in [0, 0.05) is 37.8 Å². The Labute approximate surface area is 156 Å². The molecule has 2 atom stereocenters. The number of likely N-dealkylation sites (N-methyl/N-ethyl adjacent to an activating group) is 1. The van der Waals surface area contributed by atoms with E-state index in [1.807, 2.05) is 21.0 Å². The maximum atomic E-state index is 13.2. The van der Waals surface area contributed by atoms with Crippen LogP contribution < -0.4 is 0 Å². The van der Waals surface area contributed by atoms with Gasteiger partial charge in [-0.15, -0.1) is 0 Å². The number of hydrogen-bond donors (Lipinski definition) is 0. The lowest BCUT2D eigenvalue weighted by Gasteiger charge is -2.25. The fourth-order valence-corrected chi connectivity index (χ4v) is 5.32. The first-order chi connectivity index (χ1) is 12.2. The summed E-state index contributed by atoms with van der Waals surface area (Å²) in [7, 11) is 0.482. The fourth-order valence-electron chi connectivity index (χ4n) is 3.67. The van der Waals surface area contributed by atoms with Crippen LogP contribution in [-0.4, -0.2) is 60.6 Å². The van der Waals surface area contributed by atoms with Crippen molar-refractivity contribution in [1.29, 1.82) is 0 Å². The van der Waals surface area contributed by atoms with Gasteiger partial charge in [-0.3, -0.25) is 4.68 Å². The summed E-state index contributed by atoms with van der Waals surface area (Å²) in [6.45, 7) is 7.41. The first kappa shape index (κ1) is 19.1. The SMILES string of the molecule is CCn1cc(S(=O)(=O)N2C[C@@H](N(C)C)[C@H](c3ccc(C)cc3)C2)c(C)n1. The van der Waals surface area contributed by atoms with Gasteiger partial charge in [0.05, 0.1) is 5.69 Å². The molecular formula is C19H28N4O2S. The second-order valence-electron chi connectivity index (χ2n) is 7.30. The van der Waals surface area contributed by atoms with E-state index in [9.17, 15) is 8.42 Å². The van der Waals surface area contributed by atoms with E-state index in [-0.39, 0.29) is 12.0 Å². The van der Waals surface area contributed by atoms with Crippen molar-refractivity contribution < 1.29 is 8.42 Å². The predicted octanol–water partition coefficient (Wildman–Crippen LogP) is 2.24. The molecule has 1 aliphatic heterocycles. The minimum absolute atomic E-state index is 0.147. The molecule has 1 fully saturated rings. The van der Waals surface area contributed by atoms with E-state index in [0.29, 0.717) is 30.2 Å². The number of rotatable bonds is 5. The van der Waals surface area contributed by atoms with Gasteiger partial charge in [-0.05, 0) is 40.4 Å². The van der Waals surface area contributed by atoms with Gasteiger partial charge in [0.15, 0.2) is 0 Å². The van der Waals surface area contributed by atoms with Crippen LogP contribution in [0.2, 0.25) is 0 Å². The molecule has 1 aromatic heterocycles. The third kappa shape index (κ3) is 3.43. The molecule has 2 heterocycles. The van der Waals surface area contributed by atoms with E-state index in [1.54, 1.807) is 22.1 Å². The van der Waals surface area contributed by atoms with Crippen molar-refractivity contribution in [3.05, 3.63) is 47.3 Å². The van der Waals surface area contributed by atoms with Crippen LogP contribution in [0.25, 0.3) is 0 Å². The van der Waals surface area contributed by atoms with Crippen molar-refractivity contribution in [2.24, 2.45) is 0 Å². The topological polar surface area (TPSA) is 58.4 Å². The molecule has 1 saturated heterocycles. The van der Waals surface area contributed by atoms with E-state index in [4.69, 9.17) is 0 Å². The standard InChI is InChI=1S/C19H28N4O2S/c1-6-22-13-19(15(3)20-22)26(24,25)23-11-17(18(12-23)21(4)5)16-9-7-14(2)8-10-16/h7-10,13,17-18H,6,11-12H2,1-5H3/t17-,18+/m0/s1. The number of aryl methyl sites for hydroxylation is 3. The number of aromatic nitrogens is 2. The summed E-state index contributed by atoms with van der Waals surface area (Å²) in [4.78, 5) is 2.45. The Bertz CT molecular complexity index is 871. The fraction of sp³-hybridized carbons (Fsp3) is 0.526. The highest BCUT2D eigenvalue weighted by atomic mass is 32.2. The molecule has 0 N–H and O–H groups in total. The summed E-state index contributed by atoms with van der Waals surface area (Å²) in [5.41, 5.74) is 2.96. The third-order valence-corrected chi connectivity index (χ3v) is 7.20. The van der Waals surface area contributed by atoms with Gasteiger partial charge in [0.1, 0.15) is 4.90 Å². The molecule has 142 valence electrons. The number of nitrogens with zero attached hydrogens (tertiary/aromatic N) is 4. The highest BCUT2D eigenvalue weighted by Gasteiger charge is 2.41. The normalized spacial score (nSPS) is 21.6. The van der Waals surface area contributed by atoms with Crippen molar-refractivity contribution in [3.8, 4) is 0 Å². The van der Waals surface area contributed by atoms with Gasteiger partial charge in [0.25, 0.3) is 0 Å². The minimum Gasteiger partial charge on any atom is -0.304 e. The van der Waals surface area contributed by atoms with Crippen molar-refractivity contribution in [2.75, 3.05) is 27.2 Å². The van der Waals surface area contributed by atoms with Gasteiger partial charge in [-0.1, -0.05) is 29.8 Å². The van der Waals surface area contributed by atoms with Gasteiger partial charge < -0.3 is 4.90 Å². The Morgan fingerprint density at radius 2 is 1.81 bits per heavy atom. The molecule has 0 saturated carbocycles. The molecule has 0 amide bonds. The van der Waals surface area contributed by atoms with Gasteiger partial charge in [0.2, 0.25) is 10.0 Å². The second-order valence-corrected chi connectivity index (χ2v) is 9.21. The number of hydrogen-bond acceptors (Lipinski definition) is 4. The van der Waals surface area contributed by atoms with Crippen LogP contribution in [0.3, 0.4) is 0 Å². The average Bonchev–Trinajstić information content (AvgIpc) is 3.20. The van der Waals surface area contributed by atoms with Crippen molar-refractivity contribution >= 4 is 10.0 Å². The molecule has 0 unspecified atom stereocenters. The van der Waals surface area contributed by atoms with Crippen molar-refractivity contribution in [3.63, 3.8) is 0 Å². The Hall–Kier alpha value is -1.70. The zero-order chi connectivity index (χ0) is 19.1. The lowest BCUT2D eigenvalue weighted by atomic mass is 9.93. The Balaban J connectivity index is 1.93. The Morgan fingerprint density at radius 3 is 2.35 bits per heavy atom. The Morgan fingerprint density at radius 1 is 1.15 bits per heavy atom. The molecular weight excluding hydrogens is 348 g/mol. The molecule has 0 radical (unpaired) electrons. The minimum atomic E-state index is -3.55. The summed E-state index contributed by atoms with van der Waals surface area (Å²) in [6, 6.07) is 8.57. The quantitative estimate of drug-likeness (QED) is 0.803. The molecule has 2 aromatic rings. The van der Waals surface area contributed by atoms with E-state index < -0.39 is 10.0 Å². The van der Waals surface area contributed by atoms with Gasteiger partial charge in [-0.2, -0.15) is 9.40 Å². The first-order valence-electron chi connectivity index (χ1n) is 9.01. The van der Waals surface area contributed by atoms with E-state index in [1.165, 1.54) is 11.1 Å². The molecule has 3 rings (SSSR count). The van der Waals surface area contributed by atoms with Crippen molar-refractivity contribution in [1.82, 2.24) is 19.0 Å². The smallest absolute Gasteiger partial charge is 0.246 e. The van der Waals surface area contributed by atoms with Gasteiger partial charge >= 0.3 is 0 Å². The van der Waals surface area contributed by atoms with Crippen LogP contribution in [-0.2, 0) is 16.6 Å². The van der Waals surface area contributed by atoms with Gasteiger partial charge in [-0.25, -0.2) is 8.42 Å². The number of sulfonamides is 1. The number of benzene rings is 1. The van der Waals surface area contributed by atoms with Crippen LogP contribution in [0.15, 0.2) is 35.4 Å². The highest BCUT2D eigenvalue weighted by molar-refractivity contribution is 7.89. The highest BCUT2D eigenvalue weighted by Crippen LogP contribution is 2.34. The van der Waals surface area contributed by atoms with E-state index in [0.717, 1.165) is 0 Å². The predicted molar refractivity (Wildman–Crippen MR) is 103 cm³/mol. The van der Waals surface area contributed by atoms with Crippen LogP contribution in [0.4, 0.5) is 0 Å². The van der Waals surface area contributed by atoms with Crippen LogP contribution in [0.5, 0.6) is 0 Å².